The van der Waals surface area contributed by atoms with Crippen LogP contribution in [0.15, 0.2) is 59.5 Å². The number of aryl methyl sites for hydroxylation is 1. The van der Waals surface area contributed by atoms with Gasteiger partial charge in [-0.3, -0.25) is 0 Å². The summed E-state index contributed by atoms with van der Waals surface area (Å²) in [5, 5.41) is 0. The van der Waals surface area contributed by atoms with Gasteiger partial charge in [0.1, 0.15) is 0 Å². The van der Waals surface area contributed by atoms with Gasteiger partial charge >= 0.3 is 0 Å². The Bertz CT molecular complexity index is 826. The van der Waals surface area contributed by atoms with Crippen LogP contribution in [0.5, 0.6) is 0 Å². The van der Waals surface area contributed by atoms with Crippen molar-refractivity contribution in [3.63, 3.8) is 0 Å². The molecular formula is C14H13ClO4S2. The van der Waals surface area contributed by atoms with Gasteiger partial charge in [0.05, 0.1) is 4.90 Å². The van der Waals surface area contributed by atoms with Crippen LogP contribution in [-0.4, -0.2) is 16.8 Å². The van der Waals surface area contributed by atoms with E-state index in [1.54, 1.807) is 25.1 Å². The zero-order valence-electron chi connectivity index (χ0n) is 11.1. The van der Waals surface area contributed by atoms with Crippen molar-refractivity contribution in [3.05, 3.63) is 65.7 Å². The number of rotatable bonds is 4. The van der Waals surface area contributed by atoms with Crippen LogP contribution in [0.1, 0.15) is 15.8 Å². The second kappa shape index (κ2) is 5.79. The third-order valence-corrected chi connectivity index (χ3v) is 9.43. The fourth-order valence-electron chi connectivity index (χ4n) is 1.72. The first-order valence-corrected chi connectivity index (χ1v) is 9.99. The summed E-state index contributed by atoms with van der Waals surface area (Å²) in [5.74, 6) is 0. The van der Waals surface area contributed by atoms with Crippen LogP contribution in [0.3, 0.4) is 0 Å². The van der Waals surface area contributed by atoms with Crippen LogP contribution >= 0.6 is 11.6 Å². The molecule has 2 rings (SSSR count). The fraction of sp³-hybridized carbons (Fsp3) is 0.143. The molecule has 2 aromatic carbocycles. The molecule has 0 radical (unpaired) electrons. The number of halogens is 1. The Hall–Kier alpha value is -1.37. The largest absolute Gasteiger partial charge is 0.283 e. The van der Waals surface area contributed by atoms with Crippen molar-refractivity contribution in [2.75, 3.05) is 0 Å². The van der Waals surface area contributed by atoms with Crippen LogP contribution in [0.25, 0.3) is 0 Å². The summed E-state index contributed by atoms with van der Waals surface area (Å²) in [7, 11) is -9.18. The first-order chi connectivity index (χ1) is 9.76. The molecular weight excluding hydrogens is 332 g/mol. The molecule has 0 saturated heterocycles. The SMILES string of the molecule is Cc1ccc(S(=O)(=O)S(=O)(=O)C(Cl)c2ccccc2)cc1. The Kier molecular flexibility index (Phi) is 4.41. The number of hydrogen-bond acceptors (Lipinski definition) is 4. The fourth-order valence-corrected chi connectivity index (χ4v) is 6.32. The van der Waals surface area contributed by atoms with E-state index in [1.807, 2.05) is 0 Å². The molecule has 0 aliphatic rings. The van der Waals surface area contributed by atoms with Crippen LogP contribution in [0.2, 0.25) is 0 Å². The van der Waals surface area contributed by atoms with E-state index in [9.17, 15) is 16.8 Å². The average Bonchev–Trinajstić information content (AvgIpc) is 2.47. The molecule has 2 aromatic rings. The molecule has 7 heteroatoms. The van der Waals surface area contributed by atoms with Gasteiger partial charge in [0.15, 0.2) is 4.71 Å². The molecule has 0 bridgehead atoms. The lowest BCUT2D eigenvalue weighted by molar-refractivity contribution is 0.581. The Morgan fingerprint density at radius 2 is 1.38 bits per heavy atom. The summed E-state index contributed by atoms with van der Waals surface area (Å²) in [6, 6.07) is 13.4. The summed E-state index contributed by atoms with van der Waals surface area (Å²) < 4.78 is 47.6. The maximum atomic E-state index is 12.3. The van der Waals surface area contributed by atoms with Crippen LogP contribution in [0, 0.1) is 6.92 Å². The summed E-state index contributed by atoms with van der Waals surface area (Å²) in [6.07, 6.45) is 0. The predicted octanol–water partition coefficient (Wildman–Crippen LogP) is 3.04. The van der Waals surface area contributed by atoms with Crippen molar-refractivity contribution in [3.8, 4) is 0 Å². The Morgan fingerprint density at radius 1 is 0.857 bits per heavy atom. The van der Waals surface area contributed by atoms with Gasteiger partial charge in [0.25, 0.3) is 17.7 Å². The topological polar surface area (TPSA) is 68.3 Å². The van der Waals surface area contributed by atoms with E-state index in [0.717, 1.165) is 5.56 Å². The van der Waals surface area contributed by atoms with Crippen LogP contribution < -0.4 is 0 Å². The number of alkyl halides is 1. The minimum Gasteiger partial charge on any atom is -0.210 e. The smallest absolute Gasteiger partial charge is 0.210 e. The molecule has 112 valence electrons. The summed E-state index contributed by atoms with van der Waals surface area (Å²) in [4.78, 5) is -0.283. The van der Waals surface area contributed by atoms with E-state index in [0.29, 0.717) is 0 Å². The lowest BCUT2D eigenvalue weighted by Crippen LogP contribution is -2.20. The van der Waals surface area contributed by atoms with Crippen molar-refractivity contribution in [1.82, 2.24) is 0 Å². The molecule has 1 unspecified atom stereocenters. The van der Waals surface area contributed by atoms with E-state index < -0.39 is 22.4 Å². The van der Waals surface area contributed by atoms with Crippen molar-refractivity contribution in [2.45, 2.75) is 16.5 Å². The van der Waals surface area contributed by atoms with Crippen molar-refractivity contribution in [2.24, 2.45) is 0 Å². The van der Waals surface area contributed by atoms with E-state index in [2.05, 4.69) is 0 Å². The quantitative estimate of drug-likeness (QED) is 0.631. The molecule has 0 amide bonds. The predicted molar refractivity (Wildman–Crippen MR) is 82.3 cm³/mol. The standard InChI is InChI=1S/C14H13ClO4S2/c1-11-7-9-13(10-8-11)20(16,17)21(18,19)14(15)12-5-3-2-4-6-12/h2-10,14H,1H3. The van der Waals surface area contributed by atoms with Crippen molar-refractivity contribution >= 4 is 29.3 Å². The highest BCUT2D eigenvalue weighted by Crippen LogP contribution is 2.33. The molecule has 0 spiro atoms. The maximum Gasteiger partial charge on any atom is 0.283 e. The summed E-state index contributed by atoms with van der Waals surface area (Å²) in [5.41, 5.74) is 1.05. The monoisotopic (exact) mass is 344 g/mol. The van der Waals surface area contributed by atoms with Gasteiger partial charge < -0.3 is 0 Å². The third kappa shape index (κ3) is 2.97. The first-order valence-electron chi connectivity index (χ1n) is 6.01. The number of hydrogen-bond donors (Lipinski definition) is 0. The van der Waals surface area contributed by atoms with Gasteiger partial charge in [-0.25, -0.2) is 16.8 Å². The molecule has 0 aromatic heterocycles. The van der Waals surface area contributed by atoms with E-state index in [-0.39, 0.29) is 10.5 Å². The van der Waals surface area contributed by atoms with Gasteiger partial charge in [-0.2, -0.15) is 0 Å². The molecule has 0 N–H and O–H groups in total. The van der Waals surface area contributed by atoms with Crippen molar-refractivity contribution in [1.29, 1.82) is 0 Å². The molecule has 0 saturated carbocycles. The highest BCUT2D eigenvalue weighted by atomic mass is 35.5. The highest BCUT2D eigenvalue weighted by molar-refractivity contribution is 8.67. The summed E-state index contributed by atoms with van der Waals surface area (Å²) >= 11 is 5.90. The third-order valence-electron chi connectivity index (χ3n) is 2.93. The van der Waals surface area contributed by atoms with Gasteiger partial charge in [-0.05, 0) is 24.6 Å². The zero-order chi connectivity index (χ0) is 15.7. The maximum absolute atomic E-state index is 12.3. The van der Waals surface area contributed by atoms with Crippen molar-refractivity contribution < 1.29 is 16.8 Å². The lowest BCUT2D eigenvalue weighted by Gasteiger charge is -2.12. The zero-order valence-corrected chi connectivity index (χ0v) is 13.5. The van der Waals surface area contributed by atoms with Crippen LogP contribution in [-0.2, 0) is 17.7 Å². The Balaban J connectivity index is 2.50. The van der Waals surface area contributed by atoms with E-state index >= 15 is 0 Å². The first kappa shape index (κ1) is 16.0. The minimum atomic E-state index is -4.62. The highest BCUT2D eigenvalue weighted by Gasteiger charge is 2.39. The Morgan fingerprint density at radius 3 is 1.90 bits per heavy atom. The second-order valence-electron chi connectivity index (χ2n) is 4.49. The van der Waals surface area contributed by atoms with Gasteiger partial charge in [-0.1, -0.05) is 59.6 Å². The number of benzene rings is 2. The second-order valence-corrected chi connectivity index (χ2v) is 10.7. The van der Waals surface area contributed by atoms with Crippen LogP contribution in [0.4, 0.5) is 0 Å². The Labute approximate surface area is 128 Å². The molecule has 0 fully saturated rings. The van der Waals surface area contributed by atoms with Gasteiger partial charge in [0.2, 0.25) is 0 Å². The van der Waals surface area contributed by atoms with Gasteiger partial charge in [0, 0.05) is 0 Å². The lowest BCUT2D eigenvalue weighted by atomic mass is 10.2. The molecule has 0 aliphatic heterocycles. The molecule has 1 atom stereocenters. The summed E-state index contributed by atoms with van der Waals surface area (Å²) in [6.45, 7) is 1.78. The molecule has 4 nitrogen and oxygen atoms in total. The van der Waals surface area contributed by atoms with E-state index in [4.69, 9.17) is 11.6 Å². The minimum absolute atomic E-state index is 0.217. The van der Waals surface area contributed by atoms with Gasteiger partial charge in [-0.15, -0.1) is 0 Å². The molecule has 0 aliphatic carbocycles. The van der Waals surface area contributed by atoms with E-state index in [1.165, 1.54) is 36.4 Å². The molecule has 0 heterocycles. The molecule has 21 heavy (non-hydrogen) atoms. The normalized spacial score (nSPS) is 13.8. The average molecular weight is 345 g/mol.